The van der Waals surface area contributed by atoms with E-state index in [0.717, 1.165) is 11.0 Å². The topological polar surface area (TPSA) is 107 Å². The second-order valence-electron chi connectivity index (χ2n) is 4.51. The third-order valence-electron chi connectivity index (χ3n) is 3.15. The van der Waals surface area contributed by atoms with Gasteiger partial charge in [-0.3, -0.25) is 10.1 Å². The molecule has 106 valence electrons. The first kappa shape index (κ1) is 12.9. The Hall–Kier alpha value is -3.09. The van der Waals surface area contributed by atoms with Crippen LogP contribution in [0, 0.1) is 10.1 Å². The first-order valence-corrected chi connectivity index (χ1v) is 6.16. The molecule has 0 amide bonds. The highest BCUT2D eigenvalue weighted by molar-refractivity contribution is 5.82. The van der Waals surface area contributed by atoms with Crippen LogP contribution in [-0.4, -0.2) is 22.0 Å². The summed E-state index contributed by atoms with van der Waals surface area (Å²) >= 11 is 0. The van der Waals surface area contributed by atoms with Gasteiger partial charge in [-0.1, -0.05) is 0 Å². The standard InChI is InChI=1S/C14H12N4O3/c1-21-13-5-2-8(6-12(13)18(19)20)14-16-10-4-3-9(15)7-11(10)17-14/h2-7H,15H2,1H3,(H,16,17). The van der Waals surface area contributed by atoms with Crippen LogP contribution in [0.15, 0.2) is 36.4 Å². The van der Waals surface area contributed by atoms with E-state index in [-0.39, 0.29) is 11.4 Å². The average Bonchev–Trinajstić information content (AvgIpc) is 2.89. The van der Waals surface area contributed by atoms with Gasteiger partial charge < -0.3 is 15.5 Å². The lowest BCUT2D eigenvalue weighted by atomic mass is 10.2. The number of hydrogen-bond acceptors (Lipinski definition) is 5. The van der Waals surface area contributed by atoms with Crippen molar-refractivity contribution < 1.29 is 9.66 Å². The highest BCUT2D eigenvalue weighted by Crippen LogP contribution is 2.31. The van der Waals surface area contributed by atoms with E-state index in [1.807, 2.05) is 0 Å². The highest BCUT2D eigenvalue weighted by Gasteiger charge is 2.17. The molecule has 0 radical (unpaired) electrons. The SMILES string of the molecule is COc1ccc(-c2nc3ccc(N)cc3[nH]2)cc1[N+](=O)[O-]. The van der Waals surface area contributed by atoms with Crippen molar-refractivity contribution in [3.05, 3.63) is 46.5 Å². The summed E-state index contributed by atoms with van der Waals surface area (Å²) in [4.78, 5) is 18.1. The van der Waals surface area contributed by atoms with E-state index in [0.29, 0.717) is 17.1 Å². The predicted octanol–water partition coefficient (Wildman–Crippen LogP) is 2.73. The molecule has 0 aliphatic heterocycles. The minimum atomic E-state index is -0.483. The summed E-state index contributed by atoms with van der Waals surface area (Å²) in [6.45, 7) is 0. The van der Waals surface area contributed by atoms with Gasteiger partial charge in [0.25, 0.3) is 0 Å². The van der Waals surface area contributed by atoms with Crippen LogP contribution < -0.4 is 10.5 Å². The summed E-state index contributed by atoms with van der Waals surface area (Å²) in [6.07, 6.45) is 0. The van der Waals surface area contributed by atoms with Crippen LogP contribution >= 0.6 is 0 Å². The summed E-state index contributed by atoms with van der Waals surface area (Å²) in [5.41, 5.74) is 8.38. The predicted molar refractivity (Wildman–Crippen MR) is 79.1 cm³/mol. The number of methoxy groups -OCH3 is 1. The minimum absolute atomic E-state index is 0.102. The molecule has 21 heavy (non-hydrogen) atoms. The Morgan fingerprint density at radius 1 is 1.29 bits per heavy atom. The zero-order valence-electron chi connectivity index (χ0n) is 11.2. The molecular weight excluding hydrogens is 272 g/mol. The Morgan fingerprint density at radius 2 is 2.10 bits per heavy atom. The van der Waals surface area contributed by atoms with E-state index >= 15 is 0 Å². The molecule has 3 N–H and O–H groups in total. The molecule has 1 heterocycles. The average molecular weight is 284 g/mol. The number of nitrogens with two attached hydrogens (primary N) is 1. The van der Waals surface area contributed by atoms with Crippen LogP contribution in [0.4, 0.5) is 11.4 Å². The molecular formula is C14H12N4O3. The number of nitrogens with one attached hydrogen (secondary N) is 1. The summed E-state index contributed by atoms with van der Waals surface area (Å²) in [6, 6.07) is 10.0. The van der Waals surface area contributed by atoms with Gasteiger partial charge >= 0.3 is 5.69 Å². The van der Waals surface area contributed by atoms with Crippen LogP contribution in [0.3, 0.4) is 0 Å². The molecule has 0 saturated carbocycles. The van der Waals surface area contributed by atoms with Gasteiger partial charge in [0.15, 0.2) is 5.75 Å². The van der Waals surface area contributed by atoms with Crippen molar-refractivity contribution in [1.29, 1.82) is 0 Å². The number of H-pyrrole nitrogens is 1. The van der Waals surface area contributed by atoms with Crippen molar-refractivity contribution in [3.8, 4) is 17.1 Å². The van der Waals surface area contributed by atoms with Crippen LogP contribution in [0.25, 0.3) is 22.4 Å². The number of rotatable bonds is 3. The van der Waals surface area contributed by atoms with Crippen LogP contribution in [-0.2, 0) is 0 Å². The van der Waals surface area contributed by atoms with Gasteiger partial charge in [0.2, 0.25) is 0 Å². The number of nitrogen functional groups attached to an aromatic ring is 1. The maximum atomic E-state index is 11.1. The Labute approximate surface area is 119 Å². The van der Waals surface area contributed by atoms with Crippen molar-refractivity contribution in [2.24, 2.45) is 0 Å². The van der Waals surface area contributed by atoms with E-state index in [2.05, 4.69) is 9.97 Å². The Kier molecular flexibility index (Phi) is 2.94. The van der Waals surface area contributed by atoms with Gasteiger partial charge in [-0.05, 0) is 30.3 Å². The second-order valence-corrected chi connectivity index (χ2v) is 4.51. The number of hydrogen-bond donors (Lipinski definition) is 2. The fourth-order valence-corrected chi connectivity index (χ4v) is 2.14. The normalized spacial score (nSPS) is 10.7. The lowest BCUT2D eigenvalue weighted by molar-refractivity contribution is -0.385. The molecule has 0 saturated heterocycles. The first-order valence-electron chi connectivity index (χ1n) is 6.16. The zero-order valence-corrected chi connectivity index (χ0v) is 11.2. The third-order valence-corrected chi connectivity index (χ3v) is 3.15. The highest BCUT2D eigenvalue weighted by atomic mass is 16.6. The Bertz CT molecular complexity index is 841. The monoisotopic (exact) mass is 284 g/mol. The van der Waals surface area contributed by atoms with Crippen LogP contribution in [0.2, 0.25) is 0 Å². The number of nitro groups is 1. The van der Waals surface area contributed by atoms with Gasteiger partial charge in [0.05, 0.1) is 23.1 Å². The summed E-state index contributed by atoms with van der Waals surface area (Å²) in [5, 5.41) is 11.1. The van der Waals surface area contributed by atoms with Crippen molar-refractivity contribution in [3.63, 3.8) is 0 Å². The first-order chi connectivity index (χ1) is 10.1. The quantitative estimate of drug-likeness (QED) is 0.437. The molecule has 3 aromatic rings. The number of ether oxygens (including phenoxy) is 1. The molecule has 2 aromatic carbocycles. The van der Waals surface area contributed by atoms with Crippen molar-refractivity contribution in [1.82, 2.24) is 9.97 Å². The number of aromatic amines is 1. The molecule has 0 aliphatic rings. The second kappa shape index (κ2) is 4.78. The summed E-state index contributed by atoms with van der Waals surface area (Å²) < 4.78 is 4.98. The van der Waals surface area contributed by atoms with Crippen molar-refractivity contribution in [2.75, 3.05) is 12.8 Å². The number of aromatic nitrogens is 2. The largest absolute Gasteiger partial charge is 0.490 e. The van der Waals surface area contributed by atoms with Gasteiger partial charge in [-0.2, -0.15) is 0 Å². The third kappa shape index (κ3) is 2.25. The smallest absolute Gasteiger partial charge is 0.311 e. The van der Waals surface area contributed by atoms with Crippen molar-refractivity contribution in [2.45, 2.75) is 0 Å². The van der Waals surface area contributed by atoms with Gasteiger partial charge in [-0.25, -0.2) is 4.98 Å². The number of fused-ring (bicyclic) bond motifs is 1. The number of imidazole rings is 1. The van der Waals surface area contributed by atoms with Crippen molar-refractivity contribution >= 4 is 22.4 Å². The summed E-state index contributed by atoms with van der Waals surface area (Å²) in [7, 11) is 1.39. The van der Waals surface area contributed by atoms with Crippen LogP contribution in [0.5, 0.6) is 5.75 Å². The fourth-order valence-electron chi connectivity index (χ4n) is 2.14. The van der Waals surface area contributed by atoms with Crippen LogP contribution in [0.1, 0.15) is 0 Å². The zero-order chi connectivity index (χ0) is 15.0. The molecule has 0 unspecified atom stereocenters. The number of nitro benzene ring substituents is 1. The Balaban J connectivity index is 2.13. The maximum absolute atomic E-state index is 11.1. The van der Waals surface area contributed by atoms with E-state index < -0.39 is 4.92 Å². The maximum Gasteiger partial charge on any atom is 0.311 e. The molecule has 3 rings (SSSR count). The molecule has 0 spiro atoms. The van der Waals surface area contributed by atoms with E-state index in [1.165, 1.54) is 13.2 Å². The number of anilines is 1. The molecule has 0 bridgehead atoms. The lowest BCUT2D eigenvalue weighted by Crippen LogP contribution is -1.94. The van der Waals surface area contributed by atoms with Gasteiger partial charge in [0.1, 0.15) is 5.82 Å². The molecule has 7 heteroatoms. The molecule has 7 nitrogen and oxygen atoms in total. The van der Waals surface area contributed by atoms with E-state index in [9.17, 15) is 10.1 Å². The number of nitrogens with zero attached hydrogens (tertiary/aromatic N) is 2. The van der Waals surface area contributed by atoms with E-state index in [1.54, 1.807) is 30.3 Å². The minimum Gasteiger partial charge on any atom is -0.490 e. The van der Waals surface area contributed by atoms with Gasteiger partial charge in [0, 0.05) is 17.3 Å². The summed E-state index contributed by atoms with van der Waals surface area (Å²) in [5.74, 6) is 0.755. The Morgan fingerprint density at radius 3 is 2.81 bits per heavy atom. The molecule has 0 aliphatic carbocycles. The van der Waals surface area contributed by atoms with Gasteiger partial charge in [-0.15, -0.1) is 0 Å². The van der Waals surface area contributed by atoms with E-state index in [4.69, 9.17) is 10.5 Å². The molecule has 0 fully saturated rings. The lowest BCUT2D eigenvalue weighted by Gasteiger charge is -2.02. The number of benzene rings is 2. The fraction of sp³-hybridized carbons (Fsp3) is 0.0714. The molecule has 0 atom stereocenters. The molecule has 1 aromatic heterocycles.